The zero-order chi connectivity index (χ0) is 13.0. The summed E-state index contributed by atoms with van der Waals surface area (Å²) in [5, 5.41) is 5.28. The molecule has 0 aromatic carbocycles. The van der Waals surface area contributed by atoms with E-state index in [1.165, 1.54) is 4.88 Å². The molecule has 18 heavy (non-hydrogen) atoms. The Bertz CT molecular complexity index is 525. The molecule has 4 nitrogen and oxygen atoms in total. The summed E-state index contributed by atoms with van der Waals surface area (Å²) in [6, 6.07) is 7.69. The minimum Gasteiger partial charge on any atom is -0.367 e. The predicted molar refractivity (Wildman–Crippen MR) is 73.9 cm³/mol. The fourth-order valence-corrected chi connectivity index (χ4v) is 2.57. The number of hydrogen-bond acceptors (Lipinski definition) is 4. The molecule has 0 aliphatic rings. The van der Waals surface area contributed by atoms with E-state index in [1.54, 1.807) is 29.7 Å². The summed E-state index contributed by atoms with van der Waals surface area (Å²) in [6.45, 7) is 2.05. The van der Waals surface area contributed by atoms with Crippen LogP contribution in [0.5, 0.6) is 0 Å². The molecule has 3 N–H and O–H groups in total. The number of nitrogens with zero attached hydrogens (tertiary/aromatic N) is 1. The van der Waals surface area contributed by atoms with Gasteiger partial charge in [-0.3, -0.25) is 4.79 Å². The van der Waals surface area contributed by atoms with Gasteiger partial charge in [-0.05, 0) is 30.5 Å². The van der Waals surface area contributed by atoms with Crippen molar-refractivity contribution in [2.75, 3.05) is 5.32 Å². The molecule has 2 aromatic heterocycles. The van der Waals surface area contributed by atoms with Crippen LogP contribution < -0.4 is 11.1 Å². The molecule has 2 rings (SSSR count). The summed E-state index contributed by atoms with van der Waals surface area (Å²) < 4.78 is 0. The number of anilines is 1. The van der Waals surface area contributed by atoms with Crippen LogP contribution in [-0.2, 0) is 6.42 Å². The lowest BCUT2D eigenvalue weighted by atomic mass is 10.2. The van der Waals surface area contributed by atoms with E-state index in [4.69, 9.17) is 5.73 Å². The first-order valence-corrected chi connectivity index (χ1v) is 6.58. The molecule has 0 aliphatic heterocycles. The van der Waals surface area contributed by atoms with Gasteiger partial charge in [-0.1, -0.05) is 6.07 Å². The van der Waals surface area contributed by atoms with Crippen molar-refractivity contribution < 1.29 is 4.79 Å². The second kappa shape index (κ2) is 5.64. The Morgan fingerprint density at radius 2 is 2.33 bits per heavy atom. The van der Waals surface area contributed by atoms with Gasteiger partial charge in [-0.25, -0.2) is 4.98 Å². The van der Waals surface area contributed by atoms with E-state index in [0.717, 1.165) is 6.42 Å². The Labute approximate surface area is 110 Å². The molecule has 0 spiro atoms. The molecule has 2 aromatic rings. The van der Waals surface area contributed by atoms with E-state index in [9.17, 15) is 4.79 Å². The molecule has 0 saturated heterocycles. The topological polar surface area (TPSA) is 68.0 Å². The molecule has 0 saturated carbocycles. The fourth-order valence-electron chi connectivity index (χ4n) is 1.73. The predicted octanol–water partition coefficient (Wildman–Crippen LogP) is 2.29. The van der Waals surface area contributed by atoms with E-state index < -0.39 is 5.91 Å². The van der Waals surface area contributed by atoms with Crippen LogP contribution in [-0.4, -0.2) is 16.9 Å². The minimum atomic E-state index is -0.464. The lowest BCUT2D eigenvalue weighted by Crippen LogP contribution is -2.22. The summed E-state index contributed by atoms with van der Waals surface area (Å²) in [5.41, 5.74) is 5.74. The number of nitrogens with two attached hydrogens (primary N) is 1. The highest BCUT2D eigenvalue weighted by Crippen LogP contribution is 2.16. The number of pyridine rings is 1. The van der Waals surface area contributed by atoms with Crippen LogP contribution in [0.4, 0.5) is 5.82 Å². The summed E-state index contributed by atoms with van der Waals surface area (Å²) in [5.74, 6) is 0.0861. The SMILES string of the molecule is CC(Cc1cccs1)Nc1ncccc1C(N)=O. The van der Waals surface area contributed by atoms with Gasteiger partial charge < -0.3 is 11.1 Å². The monoisotopic (exact) mass is 261 g/mol. The molecular weight excluding hydrogens is 246 g/mol. The van der Waals surface area contributed by atoms with Gasteiger partial charge in [-0.2, -0.15) is 0 Å². The number of nitrogens with one attached hydrogen (secondary N) is 1. The Morgan fingerprint density at radius 3 is 3.00 bits per heavy atom. The Hall–Kier alpha value is -1.88. The first-order chi connectivity index (χ1) is 8.66. The van der Waals surface area contributed by atoms with Crippen LogP contribution in [0.3, 0.4) is 0 Å². The molecule has 0 radical (unpaired) electrons. The van der Waals surface area contributed by atoms with E-state index in [2.05, 4.69) is 28.7 Å². The molecule has 1 amide bonds. The first-order valence-electron chi connectivity index (χ1n) is 5.70. The average Bonchev–Trinajstić information content (AvgIpc) is 2.82. The van der Waals surface area contributed by atoms with E-state index >= 15 is 0 Å². The van der Waals surface area contributed by atoms with Crippen LogP contribution in [0, 0.1) is 0 Å². The number of carbonyl (C=O) groups is 1. The molecule has 0 bridgehead atoms. The van der Waals surface area contributed by atoms with Gasteiger partial charge in [0.15, 0.2) is 0 Å². The van der Waals surface area contributed by atoms with Crippen molar-refractivity contribution in [1.82, 2.24) is 4.98 Å². The van der Waals surface area contributed by atoms with E-state index in [1.807, 2.05) is 6.07 Å². The lowest BCUT2D eigenvalue weighted by Gasteiger charge is -2.15. The molecule has 0 aliphatic carbocycles. The minimum absolute atomic E-state index is 0.191. The van der Waals surface area contributed by atoms with Crippen molar-refractivity contribution >= 4 is 23.1 Å². The maximum atomic E-state index is 11.3. The second-order valence-corrected chi connectivity index (χ2v) is 5.12. The number of primary amides is 1. The highest BCUT2D eigenvalue weighted by atomic mass is 32.1. The summed E-state index contributed by atoms with van der Waals surface area (Å²) in [7, 11) is 0. The van der Waals surface area contributed by atoms with Gasteiger partial charge in [-0.15, -0.1) is 11.3 Å². The maximum absolute atomic E-state index is 11.3. The molecule has 5 heteroatoms. The smallest absolute Gasteiger partial charge is 0.252 e. The summed E-state index contributed by atoms with van der Waals surface area (Å²) >= 11 is 1.72. The van der Waals surface area contributed by atoms with Crippen LogP contribution in [0.2, 0.25) is 0 Å². The maximum Gasteiger partial charge on any atom is 0.252 e. The third kappa shape index (κ3) is 3.07. The third-order valence-corrected chi connectivity index (χ3v) is 3.44. The highest BCUT2D eigenvalue weighted by Gasteiger charge is 2.11. The first kappa shape index (κ1) is 12.6. The van der Waals surface area contributed by atoms with Crippen molar-refractivity contribution in [3.05, 3.63) is 46.3 Å². The quantitative estimate of drug-likeness (QED) is 0.867. The largest absolute Gasteiger partial charge is 0.367 e. The zero-order valence-corrected chi connectivity index (χ0v) is 10.9. The van der Waals surface area contributed by atoms with E-state index in [0.29, 0.717) is 11.4 Å². The summed E-state index contributed by atoms with van der Waals surface area (Å²) in [6.07, 6.45) is 2.54. The third-order valence-electron chi connectivity index (χ3n) is 2.54. The van der Waals surface area contributed by atoms with Gasteiger partial charge in [0.25, 0.3) is 5.91 Å². The molecule has 94 valence electrons. The van der Waals surface area contributed by atoms with Crippen LogP contribution in [0.15, 0.2) is 35.8 Å². The molecule has 1 atom stereocenters. The van der Waals surface area contributed by atoms with Crippen molar-refractivity contribution in [3.8, 4) is 0 Å². The normalized spacial score (nSPS) is 12.1. The number of carbonyl (C=O) groups excluding carboxylic acids is 1. The van der Waals surface area contributed by atoms with Crippen molar-refractivity contribution in [2.24, 2.45) is 5.73 Å². The Morgan fingerprint density at radius 1 is 1.50 bits per heavy atom. The zero-order valence-electron chi connectivity index (χ0n) is 10.1. The van der Waals surface area contributed by atoms with E-state index in [-0.39, 0.29) is 6.04 Å². The van der Waals surface area contributed by atoms with Gasteiger partial charge in [0.05, 0.1) is 5.56 Å². The summed E-state index contributed by atoms with van der Waals surface area (Å²) in [4.78, 5) is 16.7. The number of thiophene rings is 1. The highest BCUT2D eigenvalue weighted by molar-refractivity contribution is 7.09. The second-order valence-electron chi connectivity index (χ2n) is 4.09. The molecular formula is C13H15N3OS. The standard InChI is InChI=1S/C13H15N3OS/c1-9(8-10-4-3-7-18-10)16-13-11(12(14)17)5-2-6-15-13/h2-7,9H,8H2,1H3,(H2,14,17)(H,15,16). The average molecular weight is 261 g/mol. The van der Waals surface area contributed by atoms with Crippen molar-refractivity contribution in [1.29, 1.82) is 0 Å². The van der Waals surface area contributed by atoms with Crippen LogP contribution in [0.25, 0.3) is 0 Å². The van der Waals surface area contributed by atoms with Gasteiger partial charge in [0.2, 0.25) is 0 Å². The van der Waals surface area contributed by atoms with Gasteiger partial charge in [0.1, 0.15) is 5.82 Å². The molecule has 1 unspecified atom stereocenters. The molecule has 0 fully saturated rings. The number of rotatable bonds is 5. The number of amides is 1. The van der Waals surface area contributed by atoms with Crippen LogP contribution in [0.1, 0.15) is 22.2 Å². The molecule has 2 heterocycles. The van der Waals surface area contributed by atoms with Gasteiger partial charge >= 0.3 is 0 Å². The Kier molecular flexibility index (Phi) is 3.94. The number of aromatic nitrogens is 1. The van der Waals surface area contributed by atoms with Crippen LogP contribution >= 0.6 is 11.3 Å². The fraction of sp³-hybridized carbons (Fsp3) is 0.231. The number of hydrogen-bond donors (Lipinski definition) is 2. The lowest BCUT2D eigenvalue weighted by molar-refractivity contribution is 0.100. The van der Waals surface area contributed by atoms with Crippen molar-refractivity contribution in [2.45, 2.75) is 19.4 Å². The Balaban J connectivity index is 2.07. The van der Waals surface area contributed by atoms with Gasteiger partial charge in [0, 0.05) is 23.5 Å². The van der Waals surface area contributed by atoms with Crippen molar-refractivity contribution in [3.63, 3.8) is 0 Å².